The van der Waals surface area contributed by atoms with Crippen LogP contribution in [0.5, 0.6) is 0 Å². The van der Waals surface area contributed by atoms with Crippen molar-refractivity contribution in [1.82, 2.24) is 0 Å². The van der Waals surface area contributed by atoms with Crippen molar-refractivity contribution >= 4 is 26.0 Å². The first-order chi connectivity index (χ1) is 11.2. The Kier molecular flexibility index (Phi) is 6.40. The molecule has 0 atom stereocenters. The normalized spacial score (nSPS) is 10.7. The smallest absolute Gasteiger partial charge is 0.393 e. The first-order valence-corrected chi connectivity index (χ1v) is 8.73. The summed E-state index contributed by atoms with van der Waals surface area (Å²) in [7, 11) is 0.115. The van der Waals surface area contributed by atoms with E-state index < -0.39 is 9.28 Å². The Bertz CT molecular complexity index is 652. The summed E-state index contributed by atoms with van der Waals surface area (Å²) in [6.07, 6.45) is -0.128. The van der Waals surface area contributed by atoms with Gasteiger partial charge in [-0.25, -0.2) is 0 Å². The van der Waals surface area contributed by atoms with Gasteiger partial charge in [-0.3, -0.25) is 9.59 Å². The van der Waals surface area contributed by atoms with E-state index in [4.69, 9.17) is 8.85 Å². The lowest BCUT2D eigenvalue weighted by atomic mass is 10.0. The maximum absolute atomic E-state index is 12.2. The summed E-state index contributed by atoms with van der Waals surface area (Å²) in [6.45, 7) is 2.49. The van der Waals surface area contributed by atoms with Gasteiger partial charge in [0, 0.05) is 24.8 Å². The van der Waals surface area contributed by atoms with Crippen molar-refractivity contribution in [2.75, 3.05) is 13.7 Å². The van der Waals surface area contributed by atoms with Crippen LogP contribution in [-0.2, 0) is 8.85 Å². The minimum Gasteiger partial charge on any atom is -0.393 e. The molecule has 0 aliphatic carbocycles. The Balaban J connectivity index is 2.04. The Morgan fingerprint density at radius 3 is 2.00 bits per heavy atom. The second-order valence-corrected chi connectivity index (χ2v) is 6.74. The molecule has 0 fully saturated rings. The second-order valence-electron chi connectivity index (χ2n) is 4.89. The molecule has 2 aromatic carbocycles. The van der Waals surface area contributed by atoms with Crippen molar-refractivity contribution in [3.05, 3.63) is 65.7 Å². The Morgan fingerprint density at radius 1 is 0.913 bits per heavy atom. The molecule has 0 amide bonds. The summed E-state index contributed by atoms with van der Waals surface area (Å²) in [4.78, 5) is 24.3. The molecule has 4 nitrogen and oxygen atoms in total. The van der Waals surface area contributed by atoms with Crippen LogP contribution in [0, 0.1) is 0 Å². The van der Waals surface area contributed by atoms with E-state index in [2.05, 4.69) is 0 Å². The molecule has 0 aliphatic heterocycles. The highest BCUT2D eigenvalue weighted by Crippen LogP contribution is 2.08. The highest BCUT2D eigenvalue weighted by Gasteiger charge is 2.18. The summed E-state index contributed by atoms with van der Waals surface area (Å²) < 4.78 is 10.9. The van der Waals surface area contributed by atoms with E-state index in [9.17, 15) is 9.59 Å². The number of Topliss-reactive ketones (excluding diaryl/α,β-unsaturated/α-hetero) is 2. The van der Waals surface area contributed by atoms with Crippen LogP contribution in [0.2, 0.25) is 0 Å². The molecule has 0 bridgehead atoms. The molecular formula is C18H19O4Si. The molecule has 119 valence electrons. The van der Waals surface area contributed by atoms with Gasteiger partial charge in [0.15, 0.2) is 11.6 Å². The number of hydrogen-bond acceptors (Lipinski definition) is 4. The number of hydrogen-bond donors (Lipinski definition) is 0. The van der Waals surface area contributed by atoms with Gasteiger partial charge in [0.25, 0.3) is 0 Å². The zero-order valence-corrected chi connectivity index (χ0v) is 14.2. The predicted molar refractivity (Wildman–Crippen MR) is 90.2 cm³/mol. The largest absolute Gasteiger partial charge is 0.423 e. The lowest BCUT2D eigenvalue weighted by Crippen LogP contribution is -2.35. The maximum Gasteiger partial charge on any atom is 0.423 e. The minimum absolute atomic E-state index is 0.128. The lowest BCUT2D eigenvalue weighted by molar-refractivity contribution is 0.0894. The molecule has 2 aromatic rings. The van der Waals surface area contributed by atoms with Crippen LogP contribution in [-0.4, -0.2) is 34.6 Å². The molecule has 0 unspecified atom stereocenters. The summed E-state index contributed by atoms with van der Waals surface area (Å²) in [5.74, 6) is -0.358. The molecule has 0 spiro atoms. The molecule has 5 heteroatoms. The molecule has 0 N–H and O–H groups in total. The third-order valence-electron chi connectivity index (χ3n) is 3.32. The van der Waals surface area contributed by atoms with Gasteiger partial charge in [0.1, 0.15) is 0 Å². The fourth-order valence-electron chi connectivity index (χ4n) is 2.16. The van der Waals surface area contributed by atoms with E-state index in [1.54, 1.807) is 43.5 Å². The first-order valence-electron chi connectivity index (χ1n) is 7.41. The number of rotatable bonds is 8. The van der Waals surface area contributed by atoms with Crippen molar-refractivity contribution in [3.63, 3.8) is 0 Å². The van der Waals surface area contributed by atoms with Crippen molar-refractivity contribution in [1.29, 1.82) is 0 Å². The number of carbonyl (C=O) groups is 2. The number of benzene rings is 2. The van der Waals surface area contributed by atoms with E-state index in [0.717, 1.165) is 5.19 Å². The van der Waals surface area contributed by atoms with E-state index in [1.807, 2.05) is 25.1 Å². The van der Waals surface area contributed by atoms with Crippen LogP contribution in [0.25, 0.3) is 0 Å². The molecule has 0 heterocycles. The van der Waals surface area contributed by atoms with Crippen molar-refractivity contribution in [2.24, 2.45) is 0 Å². The van der Waals surface area contributed by atoms with Gasteiger partial charge in [-0.15, -0.1) is 0 Å². The molecule has 23 heavy (non-hydrogen) atoms. The standard InChI is InChI=1S/C18H19O4Si/c1-3-22-23(21-2)16-11-9-15(10-12-16)18(20)13-17(19)14-7-5-4-6-8-14/h4-12H,3,13H2,1-2H3. The Hall–Kier alpha value is -2.08. The summed E-state index contributed by atoms with van der Waals surface area (Å²) >= 11 is 0. The lowest BCUT2D eigenvalue weighted by Gasteiger charge is -2.11. The zero-order chi connectivity index (χ0) is 16.7. The van der Waals surface area contributed by atoms with Gasteiger partial charge in [0.05, 0.1) is 6.42 Å². The average Bonchev–Trinajstić information content (AvgIpc) is 2.60. The van der Waals surface area contributed by atoms with Crippen LogP contribution < -0.4 is 5.19 Å². The molecular weight excluding hydrogens is 308 g/mol. The van der Waals surface area contributed by atoms with E-state index in [-0.39, 0.29) is 18.0 Å². The van der Waals surface area contributed by atoms with E-state index in [1.165, 1.54) is 0 Å². The molecule has 0 saturated carbocycles. The fourth-order valence-corrected chi connectivity index (χ4v) is 3.38. The molecule has 0 saturated heterocycles. The fraction of sp³-hybridized carbons (Fsp3) is 0.222. The number of carbonyl (C=O) groups excluding carboxylic acids is 2. The highest BCUT2D eigenvalue weighted by molar-refractivity contribution is 6.61. The highest BCUT2D eigenvalue weighted by atomic mass is 28.3. The summed E-state index contributed by atoms with van der Waals surface area (Å²) in [5, 5.41) is 0.935. The second kappa shape index (κ2) is 8.52. The van der Waals surface area contributed by atoms with Crippen LogP contribution in [0.3, 0.4) is 0 Å². The van der Waals surface area contributed by atoms with Crippen LogP contribution in [0.4, 0.5) is 0 Å². The van der Waals surface area contributed by atoms with E-state index >= 15 is 0 Å². The predicted octanol–water partition coefficient (Wildman–Crippen LogP) is 2.52. The number of ketones is 2. The van der Waals surface area contributed by atoms with Gasteiger partial charge in [-0.2, -0.15) is 0 Å². The van der Waals surface area contributed by atoms with E-state index in [0.29, 0.717) is 17.7 Å². The van der Waals surface area contributed by atoms with Crippen molar-refractivity contribution < 1.29 is 18.4 Å². The molecule has 0 aliphatic rings. The molecule has 1 radical (unpaired) electrons. The molecule has 2 rings (SSSR count). The minimum atomic E-state index is -1.50. The van der Waals surface area contributed by atoms with Gasteiger partial charge < -0.3 is 8.85 Å². The van der Waals surface area contributed by atoms with Crippen LogP contribution >= 0.6 is 0 Å². The topological polar surface area (TPSA) is 52.6 Å². The van der Waals surface area contributed by atoms with Crippen molar-refractivity contribution in [3.8, 4) is 0 Å². The first kappa shape index (κ1) is 17.3. The molecule has 0 aromatic heterocycles. The Labute approximate surface area is 137 Å². The summed E-state index contributed by atoms with van der Waals surface area (Å²) in [5.41, 5.74) is 1.07. The zero-order valence-electron chi connectivity index (χ0n) is 13.2. The van der Waals surface area contributed by atoms with Crippen molar-refractivity contribution in [2.45, 2.75) is 13.3 Å². The average molecular weight is 327 g/mol. The quantitative estimate of drug-likeness (QED) is 0.425. The monoisotopic (exact) mass is 327 g/mol. The third kappa shape index (κ3) is 4.69. The summed E-state index contributed by atoms with van der Waals surface area (Å²) in [6, 6.07) is 15.9. The van der Waals surface area contributed by atoms with Gasteiger partial charge in [-0.05, 0) is 12.1 Å². The Morgan fingerprint density at radius 2 is 1.48 bits per heavy atom. The maximum atomic E-state index is 12.2. The van der Waals surface area contributed by atoms with Crippen LogP contribution in [0.15, 0.2) is 54.6 Å². The van der Waals surface area contributed by atoms with Crippen LogP contribution in [0.1, 0.15) is 34.1 Å². The van der Waals surface area contributed by atoms with Gasteiger partial charge in [0.2, 0.25) is 0 Å². The third-order valence-corrected chi connectivity index (χ3v) is 5.05. The van der Waals surface area contributed by atoms with Gasteiger partial charge in [-0.1, -0.05) is 54.6 Å². The SMILES string of the molecule is CCO[Si](OC)c1ccc(C(=O)CC(=O)c2ccccc2)cc1. The van der Waals surface area contributed by atoms with Gasteiger partial charge >= 0.3 is 9.28 Å².